The van der Waals surface area contributed by atoms with Crippen molar-refractivity contribution in [1.82, 2.24) is 0 Å². The number of hydrogen-bond acceptors (Lipinski definition) is 1. The van der Waals surface area contributed by atoms with Crippen LogP contribution in [0.25, 0.3) is 0 Å². The molecule has 9 heavy (non-hydrogen) atoms. The predicted octanol–water partition coefficient (Wildman–Crippen LogP) is 2.21. The Morgan fingerprint density at radius 1 is 1.67 bits per heavy atom. The largest absolute Gasteiger partial charge is 0.148 e. The van der Waals surface area contributed by atoms with Gasteiger partial charge in [-0.3, -0.25) is 0 Å². The maximum Gasteiger partial charge on any atom is 0.111 e. The molecule has 0 N–H and O–H groups in total. The van der Waals surface area contributed by atoms with Gasteiger partial charge in [-0.1, -0.05) is 0 Å². The lowest BCUT2D eigenvalue weighted by Crippen LogP contribution is -1.59. The molecule has 45 valence electrons. The summed E-state index contributed by atoms with van der Waals surface area (Å²) < 4.78 is 11.3. The van der Waals surface area contributed by atoms with Crippen LogP contribution in [0.2, 0.25) is 0 Å². The summed E-state index contributed by atoms with van der Waals surface area (Å²) in [6.07, 6.45) is 1.33. The quantitative estimate of drug-likeness (QED) is 0.483. The zero-order valence-electron chi connectivity index (χ0n) is 4.65. The predicted molar refractivity (Wildman–Crippen MR) is 36.8 cm³/mol. The first-order valence-corrected chi connectivity index (χ1v) is 3.23. The molecule has 1 aromatic rings. The maximum absolute atomic E-state index is 11.3. The molecule has 0 spiro atoms. The van der Waals surface area contributed by atoms with Gasteiger partial charge in [0, 0.05) is 15.8 Å². The molecule has 2 heteroatoms. The van der Waals surface area contributed by atoms with E-state index in [1.54, 1.807) is 11.4 Å². The van der Waals surface area contributed by atoms with E-state index in [4.69, 9.17) is 0 Å². The summed E-state index contributed by atoms with van der Waals surface area (Å²) in [4.78, 5) is 0.910. The first-order chi connectivity index (χ1) is 4.33. The molecule has 1 rings (SSSR count). The maximum atomic E-state index is 11.3. The van der Waals surface area contributed by atoms with Gasteiger partial charge < -0.3 is 0 Å². The van der Waals surface area contributed by atoms with Crippen molar-refractivity contribution in [3.8, 4) is 12.1 Å². The molecular weight excluding hydrogens is 135 g/mol. The molecule has 0 unspecified atom stereocenters. The van der Waals surface area contributed by atoms with Crippen LogP contribution in [-0.4, -0.2) is 0 Å². The molecule has 1 radical (unpaired) electrons. The molecule has 0 fully saturated rings. The van der Waals surface area contributed by atoms with Gasteiger partial charge >= 0.3 is 0 Å². The first kappa shape index (κ1) is 6.31. The van der Waals surface area contributed by atoms with Crippen molar-refractivity contribution in [1.29, 1.82) is 0 Å². The van der Waals surface area contributed by atoms with Crippen LogP contribution >= 0.6 is 11.3 Å². The smallest absolute Gasteiger partial charge is 0.111 e. The van der Waals surface area contributed by atoms with Crippen LogP contribution in [0.3, 0.4) is 0 Å². The molecule has 0 aromatic carbocycles. The highest BCUT2D eigenvalue weighted by molar-refractivity contribution is 7.10. The summed E-state index contributed by atoms with van der Waals surface area (Å²) in [5.74, 6) is 2.28. The Labute approximate surface area is 57.3 Å². The third kappa shape index (κ3) is 1.55. The van der Waals surface area contributed by atoms with E-state index < -0.39 is 0 Å². The number of rotatable bonds is 0. The van der Waals surface area contributed by atoms with Crippen LogP contribution in [0.4, 0.5) is 4.39 Å². The van der Waals surface area contributed by atoms with Gasteiger partial charge in [-0.15, -0.1) is 15.7 Å². The molecule has 0 aliphatic heterocycles. The fourth-order valence-electron chi connectivity index (χ4n) is 0.501. The average Bonchev–Trinajstić information content (AvgIpc) is 2.17. The lowest BCUT2D eigenvalue weighted by molar-refractivity contribution is 0.774. The fourth-order valence-corrected chi connectivity index (χ4v) is 1.10. The van der Waals surface area contributed by atoms with Gasteiger partial charge in [0.05, 0.1) is 0 Å². The lowest BCUT2D eigenvalue weighted by Gasteiger charge is -1.70. The Balaban J connectivity index is 2.93. The fraction of sp³-hybridized carbons (Fsp3) is 0. The van der Waals surface area contributed by atoms with Gasteiger partial charge in [0.1, 0.15) is 6.17 Å². The minimum Gasteiger partial charge on any atom is -0.148 e. The normalized spacial score (nSPS) is 8.22. The highest BCUT2D eigenvalue weighted by Gasteiger charge is 1.88. The summed E-state index contributed by atoms with van der Waals surface area (Å²) in [5, 5.41) is 1.77. The van der Waals surface area contributed by atoms with Crippen LogP contribution in [0, 0.1) is 19.0 Å². The Morgan fingerprint density at radius 2 is 2.44 bits per heavy atom. The molecule has 0 atom stereocenters. The summed E-state index contributed by atoms with van der Waals surface area (Å²) in [6.45, 7) is 3.65. The second kappa shape index (κ2) is 2.65. The first-order valence-electron chi connectivity index (χ1n) is 2.35. The Kier molecular flexibility index (Phi) is 1.86. The summed E-state index contributed by atoms with van der Waals surface area (Å²) >= 11 is 1.46. The summed E-state index contributed by atoms with van der Waals surface area (Å²) in [7, 11) is 0. The Bertz CT molecular complexity index is 251. The van der Waals surface area contributed by atoms with Crippen molar-refractivity contribution >= 4 is 11.3 Å². The van der Waals surface area contributed by atoms with Crippen molar-refractivity contribution in [2.45, 2.75) is 0 Å². The van der Waals surface area contributed by atoms with Gasteiger partial charge in [0.15, 0.2) is 0 Å². The molecule has 0 amide bonds. The van der Waals surface area contributed by atoms with Crippen molar-refractivity contribution in [2.75, 3.05) is 0 Å². The molecule has 0 aliphatic rings. The van der Waals surface area contributed by atoms with Gasteiger partial charge in [-0.25, -0.2) is 0 Å². The lowest BCUT2D eigenvalue weighted by atomic mass is 10.3. The molecule has 0 bridgehead atoms. The zero-order chi connectivity index (χ0) is 6.69. The monoisotopic (exact) mass is 139 g/mol. The summed E-state index contributed by atoms with van der Waals surface area (Å²) in [5.41, 5.74) is 0.701. The molecule has 1 aromatic heterocycles. The van der Waals surface area contributed by atoms with Gasteiger partial charge in [-0.2, -0.15) is 0 Å². The molecular formula is C7H4FS. The minimum atomic E-state index is 0.701. The van der Waals surface area contributed by atoms with Crippen molar-refractivity contribution in [3.63, 3.8) is 0 Å². The summed E-state index contributed by atoms with van der Waals surface area (Å²) in [6, 6.07) is 1.75. The Morgan fingerprint density at radius 3 is 2.89 bits per heavy atom. The molecule has 0 nitrogen and oxygen atoms in total. The van der Waals surface area contributed by atoms with E-state index in [0.717, 1.165) is 4.88 Å². The van der Waals surface area contributed by atoms with E-state index >= 15 is 0 Å². The molecule has 0 aliphatic carbocycles. The second-order valence-corrected chi connectivity index (χ2v) is 2.52. The number of thiophene rings is 1. The van der Waals surface area contributed by atoms with E-state index in [2.05, 4.69) is 12.8 Å². The van der Waals surface area contributed by atoms with Crippen molar-refractivity contribution in [2.24, 2.45) is 0 Å². The topological polar surface area (TPSA) is 0 Å². The van der Waals surface area contributed by atoms with Crippen LogP contribution in [0.15, 0.2) is 11.4 Å². The van der Waals surface area contributed by atoms with Crippen molar-refractivity contribution in [3.05, 3.63) is 28.8 Å². The number of halogens is 1. The van der Waals surface area contributed by atoms with Gasteiger partial charge in [0.2, 0.25) is 0 Å². The van der Waals surface area contributed by atoms with Crippen LogP contribution in [-0.2, 0) is 0 Å². The van der Waals surface area contributed by atoms with Gasteiger partial charge in [0.25, 0.3) is 0 Å². The minimum absolute atomic E-state index is 0.701. The molecule has 0 saturated carbocycles. The van der Waals surface area contributed by atoms with Crippen LogP contribution < -0.4 is 0 Å². The average molecular weight is 139 g/mol. The van der Waals surface area contributed by atoms with E-state index in [-0.39, 0.29) is 0 Å². The van der Waals surface area contributed by atoms with Crippen LogP contribution in [0.5, 0.6) is 0 Å². The highest BCUT2D eigenvalue weighted by atomic mass is 32.1. The van der Waals surface area contributed by atoms with E-state index in [1.165, 1.54) is 17.5 Å². The third-order valence-electron chi connectivity index (χ3n) is 0.845. The van der Waals surface area contributed by atoms with Gasteiger partial charge in [-0.05, 0) is 18.9 Å². The highest BCUT2D eigenvalue weighted by Crippen LogP contribution is 2.11. The third-order valence-corrected chi connectivity index (χ3v) is 1.64. The second-order valence-electron chi connectivity index (χ2n) is 1.52. The Hall–Kier alpha value is -0.810. The number of hydrogen-bond donors (Lipinski definition) is 0. The van der Waals surface area contributed by atoms with Crippen LogP contribution in [0.1, 0.15) is 10.4 Å². The van der Waals surface area contributed by atoms with E-state index in [9.17, 15) is 4.39 Å². The van der Waals surface area contributed by atoms with Crippen molar-refractivity contribution < 1.29 is 4.39 Å². The van der Waals surface area contributed by atoms with E-state index in [0.29, 0.717) is 5.56 Å². The van der Waals surface area contributed by atoms with E-state index in [1.807, 2.05) is 0 Å². The SMILES string of the molecule is [CH2]c1cc(C#CF)cs1. The zero-order valence-corrected chi connectivity index (χ0v) is 5.46. The molecule has 1 heterocycles. The standard InChI is InChI=1S/C7H4FS/c1-6-4-7(2-3-8)5-9-6/h4-5H,1H2. The molecule has 0 saturated heterocycles.